The summed E-state index contributed by atoms with van der Waals surface area (Å²) in [7, 11) is 0. The van der Waals surface area contributed by atoms with Gasteiger partial charge in [-0.2, -0.15) is 0 Å². The van der Waals surface area contributed by atoms with Gasteiger partial charge < -0.3 is 19.9 Å². The summed E-state index contributed by atoms with van der Waals surface area (Å²) in [6.45, 7) is 0. The van der Waals surface area contributed by atoms with Gasteiger partial charge in [-0.15, -0.1) is 0 Å². The van der Waals surface area contributed by atoms with Crippen molar-refractivity contribution in [2.45, 2.75) is 12.1 Å². The molecule has 1 saturated heterocycles. The molecule has 1 aliphatic heterocycles. The van der Waals surface area contributed by atoms with Gasteiger partial charge in [0.2, 0.25) is 0 Å². The standard InChI is InChI=1S/C23H18ClN5OS/c24-15-8-9-20(30)19(13-15)29-22(21(27-23(29)31)17-6-1-2-11-26-17)18-7-4-12-28(18)16-5-3-10-25-14-16/h1-14,21-22,30H,(H,27,31)/t21-,22+/m1/s1. The van der Waals surface area contributed by atoms with E-state index in [1.165, 1.54) is 0 Å². The molecule has 154 valence electrons. The van der Waals surface area contributed by atoms with Crippen LogP contribution in [-0.2, 0) is 0 Å². The van der Waals surface area contributed by atoms with E-state index in [0.29, 0.717) is 15.8 Å². The van der Waals surface area contributed by atoms with Gasteiger partial charge in [0.15, 0.2) is 5.11 Å². The van der Waals surface area contributed by atoms with Crippen LogP contribution in [0.1, 0.15) is 23.5 Å². The van der Waals surface area contributed by atoms with Crippen LogP contribution in [0, 0.1) is 0 Å². The summed E-state index contributed by atoms with van der Waals surface area (Å²) in [5.41, 5.74) is 3.27. The third-order valence-corrected chi connectivity index (χ3v) is 5.85. The number of aromatic hydroxyl groups is 1. The highest BCUT2D eigenvalue weighted by molar-refractivity contribution is 7.80. The molecule has 0 amide bonds. The Balaban J connectivity index is 1.70. The lowest BCUT2D eigenvalue weighted by molar-refractivity contribution is 0.472. The second kappa shape index (κ2) is 8.02. The molecule has 8 heteroatoms. The Bertz CT molecular complexity index is 1230. The summed E-state index contributed by atoms with van der Waals surface area (Å²) >= 11 is 12.0. The van der Waals surface area contributed by atoms with Crippen LogP contribution in [0.3, 0.4) is 0 Å². The van der Waals surface area contributed by atoms with Crippen LogP contribution < -0.4 is 10.2 Å². The number of thiocarbonyl (C=S) groups is 1. The number of benzene rings is 1. The average Bonchev–Trinajstić information content (AvgIpc) is 3.41. The first-order chi connectivity index (χ1) is 15.1. The molecule has 0 saturated carbocycles. The van der Waals surface area contributed by atoms with Gasteiger partial charge in [0, 0.05) is 29.3 Å². The number of pyridine rings is 2. The van der Waals surface area contributed by atoms with Gasteiger partial charge in [-0.25, -0.2) is 0 Å². The van der Waals surface area contributed by atoms with E-state index in [1.807, 2.05) is 53.6 Å². The summed E-state index contributed by atoms with van der Waals surface area (Å²) in [6.07, 6.45) is 7.29. The van der Waals surface area contributed by atoms with Gasteiger partial charge in [0.1, 0.15) is 11.8 Å². The van der Waals surface area contributed by atoms with E-state index < -0.39 is 0 Å². The lowest BCUT2D eigenvalue weighted by Crippen LogP contribution is -2.30. The molecule has 0 unspecified atom stereocenters. The van der Waals surface area contributed by atoms with E-state index in [0.717, 1.165) is 17.1 Å². The number of halogens is 1. The van der Waals surface area contributed by atoms with Crippen molar-refractivity contribution in [2.24, 2.45) is 0 Å². The lowest BCUT2D eigenvalue weighted by atomic mass is 10.0. The highest BCUT2D eigenvalue weighted by Crippen LogP contribution is 2.45. The van der Waals surface area contributed by atoms with Crippen molar-refractivity contribution < 1.29 is 5.11 Å². The van der Waals surface area contributed by atoms with E-state index in [2.05, 4.69) is 19.9 Å². The molecule has 2 N–H and O–H groups in total. The normalized spacial score (nSPS) is 18.2. The largest absolute Gasteiger partial charge is 0.506 e. The third kappa shape index (κ3) is 3.52. The monoisotopic (exact) mass is 447 g/mol. The predicted octanol–water partition coefficient (Wildman–Crippen LogP) is 4.80. The van der Waals surface area contributed by atoms with Gasteiger partial charge >= 0.3 is 0 Å². The topological polar surface area (TPSA) is 66.2 Å². The molecule has 5 rings (SSSR count). The maximum atomic E-state index is 10.7. The Morgan fingerprint density at radius 3 is 2.71 bits per heavy atom. The minimum Gasteiger partial charge on any atom is -0.506 e. The second-order valence-electron chi connectivity index (χ2n) is 7.14. The smallest absolute Gasteiger partial charge is 0.174 e. The number of rotatable bonds is 4. The van der Waals surface area contributed by atoms with E-state index in [-0.39, 0.29) is 17.8 Å². The van der Waals surface area contributed by atoms with Crippen LogP contribution in [0.4, 0.5) is 5.69 Å². The fourth-order valence-corrected chi connectivity index (χ4v) is 4.48. The Morgan fingerprint density at radius 1 is 1.03 bits per heavy atom. The fraction of sp³-hybridized carbons (Fsp3) is 0.0870. The van der Waals surface area contributed by atoms with Crippen LogP contribution in [-0.4, -0.2) is 24.8 Å². The first kappa shape index (κ1) is 19.5. The average molecular weight is 448 g/mol. The van der Waals surface area contributed by atoms with Crippen molar-refractivity contribution >= 4 is 34.6 Å². The molecule has 0 spiro atoms. The first-order valence-electron chi connectivity index (χ1n) is 9.70. The van der Waals surface area contributed by atoms with E-state index >= 15 is 0 Å². The molecule has 0 radical (unpaired) electrons. The number of anilines is 1. The number of hydrogen-bond acceptors (Lipinski definition) is 4. The summed E-state index contributed by atoms with van der Waals surface area (Å²) in [5, 5.41) is 15.0. The second-order valence-corrected chi connectivity index (χ2v) is 7.97. The first-order valence-corrected chi connectivity index (χ1v) is 10.5. The van der Waals surface area contributed by atoms with Crippen LogP contribution in [0.5, 0.6) is 5.75 Å². The maximum absolute atomic E-state index is 10.7. The van der Waals surface area contributed by atoms with Crippen molar-refractivity contribution in [1.29, 1.82) is 0 Å². The number of nitrogens with zero attached hydrogens (tertiary/aromatic N) is 4. The van der Waals surface area contributed by atoms with Gasteiger partial charge in [-0.05, 0) is 66.8 Å². The Kier molecular flexibility index (Phi) is 5.05. The quantitative estimate of drug-likeness (QED) is 0.438. The van der Waals surface area contributed by atoms with Crippen molar-refractivity contribution in [2.75, 3.05) is 4.90 Å². The van der Waals surface area contributed by atoms with Crippen molar-refractivity contribution in [1.82, 2.24) is 19.9 Å². The van der Waals surface area contributed by atoms with Gasteiger partial charge in [0.25, 0.3) is 0 Å². The Hall–Kier alpha value is -3.42. The molecule has 4 heterocycles. The molecule has 1 aliphatic rings. The fourth-order valence-electron chi connectivity index (χ4n) is 3.97. The summed E-state index contributed by atoms with van der Waals surface area (Å²) < 4.78 is 2.07. The summed E-state index contributed by atoms with van der Waals surface area (Å²) in [4.78, 5) is 10.7. The molecule has 4 aromatic rings. The molecule has 2 atom stereocenters. The molecular weight excluding hydrogens is 430 g/mol. The zero-order valence-electron chi connectivity index (χ0n) is 16.3. The van der Waals surface area contributed by atoms with Crippen molar-refractivity contribution in [3.63, 3.8) is 0 Å². The van der Waals surface area contributed by atoms with Crippen LogP contribution >= 0.6 is 23.8 Å². The molecule has 0 bridgehead atoms. The third-order valence-electron chi connectivity index (χ3n) is 5.30. The molecule has 1 fully saturated rings. The zero-order valence-corrected chi connectivity index (χ0v) is 17.8. The minimum atomic E-state index is -0.290. The van der Waals surface area contributed by atoms with Crippen molar-refractivity contribution in [3.05, 3.63) is 102 Å². The van der Waals surface area contributed by atoms with Crippen LogP contribution in [0.25, 0.3) is 5.69 Å². The summed E-state index contributed by atoms with van der Waals surface area (Å²) in [6, 6.07) is 18.1. The molecule has 3 aromatic heterocycles. The van der Waals surface area contributed by atoms with Crippen LogP contribution in [0.15, 0.2) is 85.5 Å². The van der Waals surface area contributed by atoms with Gasteiger partial charge in [-0.1, -0.05) is 17.7 Å². The predicted molar refractivity (Wildman–Crippen MR) is 125 cm³/mol. The van der Waals surface area contributed by atoms with E-state index in [9.17, 15) is 5.11 Å². The zero-order chi connectivity index (χ0) is 21.4. The number of nitrogens with one attached hydrogen (secondary N) is 1. The molecule has 31 heavy (non-hydrogen) atoms. The van der Waals surface area contributed by atoms with Crippen molar-refractivity contribution in [3.8, 4) is 11.4 Å². The van der Waals surface area contributed by atoms with Gasteiger partial charge in [0.05, 0.1) is 29.3 Å². The highest BCUT2D eigenvalue weighted by Gasteiger charge is 2.43. The molecule has 1 aromatic carbocycles. The molecule has 6 nitrogen and oxygen atoms in total. The number of phenols is 1. The van der Waals surface area contributed by atoms with Gasteiger partial charge in [-0.3, -0.25) is 9.97 Å². The minimum absolute atomic E-state index is 0.0969. The maximum Gasteiger partial charge on any atom is 0.174 e. The Morgan fingerprint density at radius 2 is 1.94 bits per heavy atom. The molecule has 0 aliphatic carbocycles. The Labute approximate surface area is 189 Å². The molecular formula is C23H18ClN5OS. The number of aromatic nitrogens is 3. The number of phenolic OH excluding ortho intramolecular Hbond substituents is 1. The van der Waals surface area contributed by atoms with E-state index in [1.54, 1.807) is 36.8 Å². The number of hydrogen-bond donors (Lipinski definition) is 2. The SMILES string of the molecule is Oc1ccc(Cl)cc1N1C(=S)N[C@H](c2ccccn2)[C@@H]1c1cccn1-c1cccnc1. The summed E-state index contributed by atoms with van der Waals surface area (Å²) in [5.74, 6) is 0.0969. The highest BCUT2D eigenvalue weighted by atomic mass is 35.5. The van der Waals surface area contributed by atoms with Crippen LogP contribution in [0.2, 0.25) is 5.02 Å². The lowest BCUT2D eigenvalue weighted by Gasteiger charge is -2.29. The van der Waals surface area contributed by atoms with E-state index in [4.69, 9.17) is 23.8 Å².